The van der Waals surface area contributed by atoms with Crippen molar-refractivity contribution in [2.75, 3.05) is 32.7 Å². The highest BCUT2D eigenvalue weighted by molar-refractivity contribution is 5.83. The van der Waals surface area contributed by atoms with Crippen molar-refractivity contribution in [3.8, 4) is 0 Å². The first-order valence-corrected chi connectivity index (χ1v) is 8.36. The van der Waals surface area contributed by atoms with E-state index >= 15 is 0 Å². The average Bonchev–Trinajstić information content (AvgIpc) is 2.46. The third-order valence-electron chi connectivity index (χ3n) is 5.67. The van der Waals surface area contributed by atoms with E-state index in [1.54, 1.807) is 0 Å². The molecule has 0 aromatic heterocycles. The monoisotopic (exact) mass is 279 g/mol. The molecule has 20 heavy (non-hydrogen) atoms. The molecule has 3 aliphatic heterocycles. The van der Waals surface area contributed by atoms with E-state index in [9.17, 15) is 4.79 Å². The summed E-state index contributed by atoms with van der Waals surface area (Å²) < 4.78 is 0. The topological polar surface area (TPSA) is 35.6 Å². The van der Waals surface area contributed by atoms with Crippen molar-refractivity contribution in [2.24, 2.45) is 5.41 Å². The van der Waals surface area contributed by atoms with Crippen molar-refractivity contribution in [3.63, 3.8) is 0 Å². The molecule has 3 aliphatic rings. The van der Waals surface area contributed by atoms with Crippen LogP contribution in [0.1, 0.15) is 46.0 Å². The van der Waals surface area contributed by atoms with Gasteiger partial charge in [0.15, 0.2) is 0 Å². The molecule has 0 saturated carbocycles. The Hall–Kier alpha value is -0.610. The molecule has 1 N–H and O–H groups in total. The molecule has 3 saturated heterocycles. The van der Waals surface area contributed by atoms with Gasteiger partial charge in [0.2, 0.25) is 5.91 Å². The highest BCUT2D eigenvalue weighted by atomic mass is 16.2. The van der Waals surface area contributed by atoms with Crippen LogP contribution in [-0.2, 0) is 4.79 Å². The predicted octanol–water partition coefficient (Wildman–Crippen LogP) is 1.46. The fraction of sp³-hybridized carbons (Fsp3) is 0.938. The fourth-order valence-corrected chi connectivity index (χ4v) is 4.17. The van der Waals surface area contributed by atoms with Crippen LogP contribution in [-0.4, -0.2) is 60.5 Å². The summed E-state index contributed by atoms with van der Waals surface area (Å²) >= 11 is 0. The zero-order chi connectivity index (χ0) is 14.2. The molecule has 2 unspecified atom stereocenters. The van der Waals surface area contributed by atoms with Crippen molar-refractivity contribution in [1.82, 2.24) is 15.1 Å². The van der Waals surface area contributed by atoms with E-state index in [0.29, 0.717) is 18.0 Å². The van der Waals surface area contributed by atoms with E-state index in [1.165, 1.54) is 25.8 Å². The van der Waals surface area contributed by atoms with Crippen LogP contribution < -0.4 is 5.32 Å². The van der Waals surface area contributed by atoms with Crippen molar-refractivity contribution in [3.05, 3.63) is 0 Å². The van der Waals surface area contributed by atoms with Gasteiger partial charge < -0.3 is 10.2 Å². The second-order valence-electron chi connectivity index (χ2n) is 7.26. The van der Waals surface area contributed by atoms with Crippen molar-refractivity contribution in [1.29, 1.82) is 0 Å². The minimum atomic E-state index is -0.129. The molecule has 0 spiro atoms. The Morgan fingerprint density at radius 3 is 2.70 bits per heavy atom. The van der Waals surface area contributed by atoms with Crippen LogP contribution in [0.15, 0.2) is 0 Å². The summed E-state index contributed by atoms with van der Waals surface area (Å²) in [5.74, 6) is 0.414. The normalized spacial score (nSPS) is 34.6. The number of hydrogen-bond acceptors (Lipinski definition) is 3. The number of carbonyl (C=O) groups excluding carboxylic acids is 1. The number of nitrogens with zero attached hydrogens (tertiary/aromatic N) is 2. The molecular weight excluding hydrogens is 250 g/mol. The second kappa shape index (κ2) is 5.64. The molecule has 4 nitrogen and oxygen atoms in total. The van der Waals surface area contributed by atoms with E-state index in [1.807, 2.05) is 0 Å². The number of hydrogen-bond donors (Lipinski definition) is 1. The molecule has 3 heterocycles. The standard InChI is InChI=1S/C16H29N3O/c1-13-11-18-10-4-3-5-14(18)12-19(13)15(20)16(2)6-8-17-9-7-16/h13-14,17H,3-12H2,1-2H3. The molecule has 114 valence electrons. The maximum absolute atomic E-state index is 13.0. The summed E-state index contributed by atoms with van der Waals surface area (Å²) in [6.07, 6.45) is 5.92. The highest BCUT2D eigenvalue weighted by Gasteiger charge is 2.42. The quantitative estimate of drug-likeness (QED) is 0.789. The van der Waals surface area contributed by atoms with Gasteiger partial charge in [-0.25, -0.2) is 0 Å². The van der Waals surface area contributed by atoms with Crippen molar-refractivity contribution >= 4 is 5.91 Å². The second-order valence-corrected chi connectivity index (χ2v) is 7.26. The minimum absolute atomic E-state index is 0.129. The first-order chi connectivity index (χ1) is 9.60. The zero-order valence-corrected chi connectivity index (χ0v) is 13.0. The largest absolute Gasteiger partial charge is 0.337 e. The molecule has 2 atom stereocenters. The van der Waals surface area contributed by atoms with Crippen LogP contribution in [0.25, 0.3) is 0 Å². The maximum Gasteiger partial charge on any atom is 0.228 e. The summed E-state index contributed by atoms with van der Waals surface area (Å²) in [4.78, 5) is 17.9. The highest BCUT2D eigenvalue weighted by Crippen LogP contribution is 2.33. The third kappa shape index (κ3) is 2.60. The van der Waals surface area contributed by atoms with Crippen LogP contribution in [0, 0.1) is 5.41 Å². The predicted molar refractivity (Wildman–Crippen MR) is 80.6 cm³/mol. The first-order valence-electron chi connectivity index (χ1n) is 8.36. The molecule has 0 aromatic rings. The summed E-state index contributed by atoms with van der Waals surface area (Å²) in [5, 5.41) is 3.38. The molecule has 0 aliphatic carbocycles. The molecule has 0 aromatic carbocycles. The van der Waals surface area contributed by atoms with Gasteiger partial charge in [-0.2, -0.15) is 0 Å². The summed E-state index contributed by atoms with van der Waals surface area (Å²) in [6.45, 7) is 9.65. The van der Waals surface area contributed by atoms with E-state index in [0.717, 1.165) is 39.0 Å². The van der Waals surface area contributed by atoms with Gasteiger partial charge >= 0.3 is 0 Å². The van der Waals surface area contributed by atoms with Crippen molar-refractivity contribution < 1.29 is 4.79 Å². The number of piperidine rings is 2. The lowest BCUT2D eigenvalue weighted by molar-refractivity contribution is -0.149. The number of carbonyl (C=O) groups is 1. The molecule has 4 heteroatoms. The fourth-order valence-electron chi connectivity index (χ4n) is 4.17. The molecule has 3 rings (SSSR count). The van der Waals surface area contributed by atoms with Gasteiger partial charge in [0, 0.05) is 30.6 Å². The Labute approximate surface area is 122 Å². The molecule has 3 fully saturated rings. The Kier molecular flexibility index (Phi) is 4.04. The van der Waals surface area contributed by atoms with Crippen LogP contribution in [0.5, 0.6) is 0 Å². The van der Waals surface area contributed by atoms with Crippen LogP contribution in [0.4, 0.5) is 0 Å². The van der Waals surface area contributed by atoms with Gasteiger partial charge in [0.05, 0.1) is 0 Å². The SMILES string of the molecule is CC1CN2CCCCC2CN1C(=O)C1(C)CCNCC1. The number of nitrogens with one attached hydrogen (secondary N) is 1. The number of amides is 1. The molecular formula is C16H29N3O. The van der Waals surface area contributed by atoms with Gasteiger partial charge in [-0.3, -0.25) is 9.69 Å². The zero-order valence-electron chi connectivity index (χ0n) is 13.0. The summed E-state index contributed by atoms with van der Waals surface area (Å²) in [7, 11) is 0. The van der Waals surface area contributed by atoms with Crippen LogP contribution in [0.2, 0.25) is 0 Å². The van der Waals surface area contributed by atoms with Crippen LogP contribution in [0.3, 0.4) is 0 Å². The van der Waals surface area contributed by atoms with Crippen LogP contribution >= 0.6 is 0 Å². The minimum Gasteiger partial charge on any atom is -0.337 e. The first kappa shape index (κ1) is 14.3. The lowest BCUT2D eigenvalue weighted by atomic mass is 9.79. The average molecular weight is 279 g/mol. The van der Waals surface area contributed by atoms with E-state index in [2.05, 4.69) is 29.0 Å². The van der Waals surface area contributed by atoms with E-state index in [-0.39, 0.29) is 5.41 Å². The van der Waals surface area contributed by atoms with Gasteiger partial charge in [0.1, 0.15) is 0 Å². The van der Waals surface area contributed by atoms with Gasteiger partial charge in [-0.1, -0.05) is 13.3 Å². The Balaban J connectivity index is 1.70. The number of fused-ring (bicyclic) bond motifs is 1. The Morgan fingerprint density at radius 1 is 1.20 bits per heavy atom. The lowest BCUT2D eigenvalue weighted by Crippen LogP contribution is -2.62. The summed E-state index contributed by atoms with van der Waals surface area (Å²) in [5.41, 5.74) is -0.129. The number of piperazine rings is 1. The molecule has 1 amide bonds. The van der Waals surface area contributed by atoms with E-state index in [4.69, 9.17) is 0 Å². The van der Waals surface area contributed by atoms with E-state index < -0.39 is 0 Å². The van der Waals surface area contributed by atoms with Gasteiger partial charge in [-0.05, 0) is 52.2 Å². The Morgan fingerprint density at radius 2 is 1.95 bits per heavy atom. The Bertz CT molecular complexity index is 365. The smallest absolute Gasteiger partial charge is 0.228 e. The van der Waals surface area contributed by atoms with Gasteiger partial charge in [-0.15, -0.1) is 0 Å². The molecule has 0 radical (unpaired) electrons. The van der Waals surface area contributed by atoms with Gasteiger partial charge in [0.25, 0.3) is 0 Å². The van der Waals surface area contributed by atoms with Crippen molar-refractivity contribution in [2.45, 2.75) is 58.0 Å². The third-order valence-corrected chi connectivity index (χ3v) is 5.67. The number of rotatable bonds is 1. The maximum atomic E-state index is 13.0. The molecule has 0 bridgehead atoms. The lowest BCUT2D eigenvalue weighted by Gasteiger charge is -2.50. The summed E-state index contributed by atoms with van der Waals surface area (Å²) in [6, 6.07) is 0.998.